The van der Waals surface area contributed by atoms with Gasteiger partial charge in [0.15, 0.2) is 0 Å². The first-order valence-corrected chi connectivity index (χ1v) is 22.3. The Bertz CT molecular complexity index is 2300. The van der Waals surface area contributed by atoms with Crippen molar-refractivity contribution in [3.05, 3.63) is 181 Å². The highest BCUT2D eigenvalue weighted by molar-refractivity contribution is 5.71. The predicted molar refractivity (Wildman–Crippen MR) is 252 cm³/mol. The molecule has 60 heavy (non-hydrogen) atoms. The Morgan fingerprint density at radius 2 is 1.02 bits per heavy atom. The van der Waals surface area contributed by atoms with E-state index in [2.05, 4.69) is 210 Å². The van der Waals surface area contributed by atoms with E-state index in [1.807, 2.05) is 0 Å². The minimum absolute atomic E-state index is 0.359. The molecule has 0 N–H and O–H groups in total. The lowest BCUT2D eigenvalue weighted by atomic mass is 9.88. The number of rotatable bonds is 18. The van der Waals surface area contributed by atoms with Gasteiger partial charge in [-0.15, -0.1) is 0 Å². The average molecular weight is 795 g/mol. The number of anilines is 2. The maximum Gasteiger partial charge on any atom is 0.144 e. The van der Waals surface area contributed by atoms with Crippen molar-refractivity contribution in [1.29, 1.82) is 0 Å². The molecular weight excluding hydrogens is 733 g/mol. The molecular formula is C54H62N6. The monoisotopic (exact) mass is 795 g/mol. The molecule has 0 saturated heterocycles. The summed E-state index contributed by atoms with van der Waals surface area (Å²) < 4.78 is 2.41. The van der Waals surface area contributed by atoms with E-state index in [9.17, 15) is 0 Å². The summed E-state index contributed by atoms with van der Waals surface area (Å²) in [6, 6.07) is 46.2. The maximum absolute atomic E-state index is 5.34. The summed E-state index contributed by atoms with van der Waals surface area (Å²) in [5.74, 6) is 1.75. The minimum Gasteiger partial charge on any atom is -0.358 e. The third-order valence-electron chi connectivity index (χ3n) is 12.0. The third-order valence-corrected chi connectivity index (χ3v) is 12.0. The van der Waals surface area contributed by atoms with Crippen LogP contribution in [0.3, 0.4) is 0 Å². The van der Waals surface area contributed by atoms with Gasteiger partial charge in [-0.2, -0.15) is 0 Å². The van der Waals surface area contributed by atoms with Crippen molar-refractivity contribution in [2.24, 2.45) is 0 Å². The molecule has 0 saturated carbocycles. The van der Waals surface area contributed by atoms with E-state index in [0.717, 1.165) is 57.1 Å². The summed E-state index contributed by atoms with van der Waals surface area (Å²) in [6.45, 7) is 13.3. The van der Waals surface area contributed by atoms with Gasteiger partial charge in [0.05, 0.1) is 24.7 Å². The van der Waals surface area contributed by atoms with Crippen molar-refractivity contribution >= 4 is 11.4 Å². The topological polar surface area (TPSA) is 30.8 Å². The molecule has 0 amide bonds. The van der Waals surface area contributed by atoms with Crippen LogP contribution in [0, 0.1) is 0 Å². The van der Waals surface area contributed by atoms with Crippen molar-refractivity contribution in [3.8, 4) is 28.2 Å². The normalized spacial score (nSPS) is 13.8. The molecule has 2 aliphatic heterocycles. The molecule has 1 aromatic heterocycles. The second-order valence-corrected chi connectivity index (χ2v) is 17.2. The summed E-state index contributed by atoms with van der Waals surface area (Å²) in [5, 5.41) is 0. The highest BCUT2D eigenvalue weighted by Crippen LogP contribution is 2.38. The summed E-state index contributed by atoms with van der Waals surface area (Å²) >= 11 is 0. The van der Waals surface area contributed by atoms with Crippen LogP contribution in [0.2, 0.25) is 0 Å². The number of nitrogens with zero attached hydrogens (tertiary/aromatic N) is 6. The number of aryl methyl sites for hydroxylation is 2. The lowest BCUT2D eigenvalue weighted by molar-refractivity contribution is 0.354. The molecule has 8 rings (SSSR count). The summed E-state index contributed by atoms with van der Waals surface area (Å²) in [4.78, 5) is 14.9. The largest absolute Gasteiger partial charge is 0.358 e. The number of imidazole rings is 1. The van der Waals surface area contributed by atoms with Crippen LogP contribution in [0.15, 0.2) is 158 Å². The van der Waals surface area contributed by atoms with Gasteiger partial charge in [-0.3, -0.25) is 4.57 Å². The molecule has 5 aromatic carbocycles. The zero-order chi connectivity index (χ0) is 41.3. The SMILES string of the molecule is CC(C)c1cc(-c2ccccc2)cc(C(C)C)c1-n1cc(CCCCCc2ccc(N3C=CN(CCCCN4C=CN(c5ccccc5)C4)C3)cc2)nc1-c1ccccc1. The molecule has 0 unspecified atom stereocenters. The number of hydrogen-bond donors (Lipinski definition) is 0. The zero-order valence-electron chi connectivity index (χ0n) is 36.1. The fraction of sp³-hybridized carbons (Fsp3) is 0.315. The number of aromatic nitrogens is 2. The van der Waals surface area contributed by atoms with Gasteiger partial charge in [0.1, 0.15) is 5.82 Å². The third kappa shape index (κ3) is 9.88. The van der Waals surface area contributed by atoms with Crippen molar-refractivity contribution in [3.63, 3.8) is 0 Å². The van der Waals surface area contributed by atoms with Crippen LogP contribution >= 0.6 is 0 Å². The van der Waals surface area contributed by atoms with Crippen LogP contribution < -0.4 is 9.80 Å². The predicted octanol–water partition coefficient (Wildman–Crippen LogP) is 13.0. The molecule has 3 heterocycles. The van der Waals surface area contributed by atoms with Gasteiger partial charge in [-0.05, 0) is 115 Å². The first-order valence-electron chi connectivity index (χ1n) is 22.3. The first-order chi connectivity index (χ1) is 29.4. The van der Waals surface area contributed by atoms with E-state index in [-0.39, 0.29) is 0 Å². The Balaban J connectivity index is 0.829. The molecule has 0 aliphatic carbocycles. The second kappa shape index (κ2) is 19.4. The summed E-state index contributed by atoms with van der Waals surface area (Å²) in [7, 11) is 0. The molecule has 6 aromatic rings. The van der Waals surface area contributed by atoms with Crippen LogP contribution in [0.5, 0.6) is 0 Å². The van der Waals surface area contributed by atoms with E-state index < -0.39 is 0 Å². The van der Waals surface area contributed by atoms with E-state index in [4.69, 9.17) is 4.98 Å². The zero-order valence-corrected chi connectivity index (χ0v) is 36.1. The lowest BCUT2D eigenvalue weighted by Gasteiger charge is -2.23. The van der Waals surface area contributed by atoms with Gasteiger partial charge >= 0.3 is 0 Å². The van der Waals surface area contributed by atoms with Gasteiger partial charge in [0.25, 0.3) is 0 Å². The highest BCUT2D eigenvalue weighted by atomic mass is 15.3. The van der Waals surface area contributed by atoms with Crippen LogP contribution in [-0.4, -0.2) is 45.8 Å². The highest BCUT2D eigenvalue weighted by Gasteiger charge is 2.22. The average Bonchev–Trinajstić information content (AvgIpc) is 4.07. The van der Waals surface area contributed by atoms with E-state index in [1.54, 1.807) is 0 Å². The van der Waals surface area contributed by atoms with Gasteiger partial charge < -0.3 is 19.6 Å². The molecule has 0 bridgehead atoms. The fourth-order valence-electron chi connectivity index (χ4n) is 8.62. The quantitative estimate of drug-likeness (QED) is 0.0809. The van der Waals surface area contributed by atoms with Crippen LogP contribution in [0.4, 0.5) is 11.4 Å². The number of para-hydroxylation sites is 1. The molecule has 0 radical (unpaired) electrons. The van der Waals surface area contributed by atoms with Gasteiger partial charge in [-0.1, -0.05) is 125 Å². The van der Waals surface area contributed by atoms with Gasteiger partial charge in [0.2, 0.25) is 0 Å². The summed E-state index contributed by atoms with van der Waals surface area (Å²) in [6.07, 6.45) is 19.2. The van der Waals surface area contributed by atoms with E-state index in [1.165, 1.54) is 76.3 Å². The summed E-state index contributed by atoms with van der Waals surface area (Å²) in [5.41, 5.74) is 12.8. The Kier molecular flexibility index (Phi) is 13.2. The molecule has 0 fully saturated rings. The van der Waals surface area contributed by atoms with Crippen molar-refractivity contribution in [1.82, 2.24) is 19.4 Å². The fourth-order valence-corrected chi connectivity index (χ4v) is 8.62. The van der Waals surface area contributed by atoms with Crippen molar-refractivity contribution in [2.75, 3.05) is 36.2 Å². The number of hydrogen-bond acceptors (Lipinski definition) is 5. The van der Waals surface area contributed by atoms with Crippen LogP contribution in [0.1, 0.15) is 94.0 Å². The molecule has 6 heteroatoms. The number of unbranched alkanes of at least 4 members (excludes halogenated alkanes) is 3. The standard InChI is InChI=1S/C54H62N6/c1-42(2)51-37-47(45-20-10-6-11-21-45)38-52(43(3)4)53(51)60-39-48(55-54(60)46-22-12-7-13-23-46)24-14-5-9-19-44-27-29-50(30-28-44)59-36-34-57(41-59)32-18-17-31-56-33-35-58(40-56)49-25-15-8-16-26-49/h6-8,10-13,15-16,20-23,25-30,33-39,42-43H,5,9,14,17-19,24,31-32,40-41H2,1-4H3. The van der Waals surface area contributed by atoms with E-state index in [0.29, 0.717) is 11.8 Å². The second-order valence-electron chi connectivity index (χ2n) is 17.2. The Hall–Kier alpha value is -6.01. The van der Waals surface area contributed by atoms with Crippen molar-refractivity contribution in [2.45, 2.75) is 84.5 Å². The molecule has 0 atom stereocenters. The first kappa shape index (κ1) is 40.8. The number of benzene rings is 5. The van der Waals surface area contributed by atoms with Gasteiger partial charge in [-0.25, -0.2) is 4.98 Å². The van der Waals surface area contributed by atoms with E-state index >= 15 is 0 Å². The Morgan fingerprint density at radius 3 is 1.58 bits per heavy atom. The minimum atomic E-state index is 0.359. The van der Waals surface area contributed by atoms with Crippen LogP contribution in [0.25, 0.3) is 28.2 Å². The van der Waals surface area contributed by atoms with Gasteiger partial charge in [0, 0.05) is 61.0 Å². The Labute approximate surface area is 359 Å². The lowest BCUT2D eigenvalue weighted by Crippen LogP contribution is -2.27. The Morgan fingerprint density at radius 1 is 0.500 bits per heavy atom. The molecule has 308 valence electrons. The molecule has 6 nitrogen and oxygen atoms in total. The molecule has 2 aliphatic rings. The van der Waals surface area contributed by atoms with Crippen LogP contribution in [-0.2, 0) is 12.8 Å². The smallest absolute Gasteiger partial charge is 0.144 e. The molecule has 0 spiro atoms. The maximum atomic E-state index is 5.34. The van der Waals surface area contributed by atoms with Crippen molar-refractivity contribution < 1.29 is 0 Å².